The molecule has 3 unspecified atom stereocenters. The third kappa shape index (κ3) is 4.96. The van der Waals surface area contributed by atoms with Crippen molar-refractivity contribution in [3.63, 3.8) is 0 Å². The van der Waals surface area contributed by atoms with E-state index in [2.05, 4.69) is 12.2 Å². The van der Waals surface area contributed by atoms with Gasteiger partial charge < -0.3 is 15.2 Å². The van der Waals surface area contributed by atoms with Crippen molar-refractivity contribution >= 4 is 0 Å². The zero-order valence-corrected chi connectivity index (χ0v) is 10.3. The van der Waals surface area contributed by atoms with Gasteiger partial charge in [0.25, 0.3) is 0 Å². The van der Waals surface area contributed by atoms with E-state index in [0.717, 1.165) is 19.4 Å². The molecule has 1 aliphatic rings. The largest absolute Gasteiger partial charge is 0.389 e. The predicted octanol–water partition coefficient (Wildman–Crippen LogP) is 1.69. The second kappa shape index (κ2) is 5.83. The molecule has 1 rings (SSSR count). The molecule has 0 aromatic heterocycles. The minimum atomic E-state index is -0.579. The Balaban J connectivity index is 2.15. The highest BCUT2D eigenvalue weighted by atomic mass is 16.5. The van der Waals surface area contributed by atoms with Crippen molar-refractivity contribution in [1.82, 2.24) is 5.32 Å². The molecule has 1 fully saturated rings. The molecule has 0 saturated carbocycles. The molecule has 0 radical (unpaired) electrons. The summed E-state index contributed by atoms with van der Waals surface area (Å²) in [6, 6.07) is 0.422. The SMILES string of the molecule is CCC(C)(O)CNC(C)CC1CCCO1. The van der Waals surface area contributed by atoms with E-state index in [-0.39, 0.29) is 0 Å². The van der Waals surface area contributed by atoms with Gasteiger partial charge in [0, 0.05) is 19.2 Å². The molecule has 0 amide bonds. The molecule has 15 heavy (non-hydrogen) atoms. The predicted molar refractivity (Wildman–Crippen MR) is 62.0 cm³/mol. The lowest BCUT2D eigenvalue weighted by Gasteiger charge is -2.25. The number of hydrogen-bond donors (Lipinski definition) is 2. The van der Waals surface area contributed by atoms with Gasteiger partial charge in [-0.15, -0.1) is 0 Å². The normalized spacial score (nSPS) is 27.6. The number of ether oxygens (including phenoxy) is 1. The van der Waals surface area contributed by atoms with Crippen LogP contribution in [0.5, 0.6) is 0 Å². The highest BCUT2D eigenvalue weighted by molar-refractivity contribution is 4.78. The Kier molecular flexibility index (Phi) is 5.03. The van der Waals surface area contributed by atoms with Crippen LogP contribution in [0.3, 0.4) is 0 Å². The average Bonchev–Trinajstić information content (AvgIpc) is 2.68. The molecule has 3 heteroatoms. The number of nitrogens with one attached hydrogen (secondary N) is 1. The minimum absolute atomic E-state index is 0.422. The van der Waals surface area contributed by atoms with Crippen LogP contribution in [0.1, 0.15) is 46.5 Å². The van der Waals surface area contributed by atoms with Crippen LogP contribution in [0.25, 0.3) is 0 Å². The Morgan fingerprint density at radius 3 is 2.87 bits per heavy atom. The summed E-state index contributed by atoms with van der Waals surface area (Å²) in [6.45, 7) is 7.63. The quantitative estimate of drug-likeness (QED) is 0.708. The summed E-state index contributed by atoms with van der Waals surface area (Å²) >= 11 is 0. The fourth-order valence-electron chi connectivity index (χ4n) is 1.83. The van der Waals surface area contributed by atoms with Gasteiger partial charge in [0.2, 0.25) is 0 Å². The van der Waals surface area contributed by atoms with E-state index in [4.69, 9.17) is 4.74 Å². The first-order valence-electron chi connectivity index (χ1n) is 6.11. The molecular weight excluding hydrogens is 190 g/mol. The third-order valence-electron chi connectivity index (χ3n) is 3.23. The topological polar surface area (TPSA) is 41.5 Å². The van der Waals surface area contributed by atoms with Crippen LogP contribution >= 0.6 is 0 Å². The van der Waals surface area contributed by atoms with E-state index in [1.807, 2.05) is 13.8 Å². The van der Waals surface area contributed by atoms with Crippen molar-refractivity contribution in [2.75, 3.05) is 13.2 Å². The molecule has 0 aromatic carbocycles. The van der Waals surface area contributed by atoms with Gasteiger partial charge in [-0.25, -0.2) is 0 Å². The summed E-state index contributed by atoms with van der Waals surface area (Å²) in [5, 5.41) is 13.2. The maximum Gasteiger partial charge on any atom is 0.0741 e. The Bertz CT molecular complexity index is 176. The first kappa shape index (κ1) is 12.9. The Labute approximate surface area is 93.2 Å². The summed E-state index contributed by atoms with van der Waals surface area (Å²) in [7, 11) is 0. The van der Waals surface area contributed by atoms with Crippen LogP contribution in [0.4, 0.5) is 0 Å². The van der Waals surface area contributed by atoms with Gasteiger partial charge in [-0.2, -0.15) is 0 Å². The lowest BCUT2D eigenvalue weighted by Crippen LogP contribution is -2.42. The summed E-state index contributed by atoms with van der Waals surface area (Å²) in [6.07, 6.45) is 4.66. The smallest absolute Gasteiger partial charge is 0.0741 e. The second-order valence-corrected chi connectivity index (χ2v) is 5.00. The highest BCUT2D eigenvalue weighted by Crippen LogP contribution is 2.17. The first-order chi connectivity index (χ1) is 7.03. The van der Waals surface area contributed by atoms with Gasteiger partial charge in [-0.05, 0) is 39.5 Å². The molecule has 2 N–H and O–H groups in total. The standard InChI is InChI=1S/C12H25NO2/c1-4-12(3,14)9-13-10(2)8-11-6-5-7-15-11/h10-11,13-14H,4-9H2,1-3H3. The van der Waals surface area contributed by atoms with E-state index in [1.165, 1.54) is 12.8 Å². The maximum absolute atomic E-state index is 9.84. The van der Waals surface area contributed by atoms with E-state index >= 15 is 0 Å². The van der Waals surface area contributed by atoms with Crippen molar-refractivity contribution < 1.29 is 9.84 Å². The van der Waals surface area contributed by atoms with Gasteiger partial charge >= 0.3 is 0 Å². The van der Waals surface area contributed by atoms with Crippen molar-refractivity contribution in [1.29, 1.82) is 0 Å². The minimum Gasteiger partial charge on any atom is -0.389 e. The van der Waals surface area contributed by atoms with E-state index < -0.39 is 5.60 Å². The number of aliphatic hydroxyl groups is 1. The molecule has 0 bridgehead atoms. The molecule has 0 aliphatic carbocycles. The molecule has 90 valence electrons. The van der Waals surface area contributed by atoms with Crippen molar-refractivity contribution in [3.8, 4) is 0 Å². The summed E-state index contributed by atoms with van der Waals surface area (Å²) in [5.41, 5.74) is -0.579. The zero-order valence-electron chi connectivity index (χ0n) is 10.3. The lowest BCUT2D eigenvalue weighted by atomic mass is 10.0. The highest BCUT2D eigenvalue weighted by Gasteiger charge is 2.21. The van der Waals surface area contributed by atoms with Crippen LogP contribution in [-0.4, -0.2) is 36.0 Å². The van der Waals surface area contributed by atoms with Crippen LogP contribution in [0.15, 0.2) is 0 Å². The van der Waals surface area contributed by atoms with Crippen LogP contribution in [0, 0.1) is 0 Å². The molecule has 1 heterocycles. The van der Waals surface area contributed by atoms with Crippen LogP contribution < -0.4 is 5.32 Å². The second-order valence-electron chi connectivity index (χ2n) is 5.00. The molecule has 3 atom stereocenters. The third-order valence-corrected chi connectivity index (χ3v) is 3.23. The summed E-state index contributed by atoms with van der Waals surface area (Å²) < 4.78 is 5.58. The van der Waals surface area contributed by atoms with E-state index in [9.17, 15) is 5.11 Å². The van der Waals surface area contributed by atoms with E-state index in [1.54, 1.807) is 0 Å². The molecule has 1 saturated heterocycles. The molecule has 1 aliphatic heterocycles. The number of hydrogen-bond acceptors (Lipinski definition) is 3. The van der Waals surface area contributed by atoms with Crippen molar-refractivity contribution in [2.24, 2.45) is 0 Å². The molecule has 0 spiro atoms. The summed E-state index contributed by atoms with van der Waals surface area (Å²) in [4.78, 5) is 0. The molecule has 0 aromatic rings. The fourth-order valence-corrected chi connectivity index (χ4v) is 1.83. The van der Waals surface area contributed by atoms with Crippen molar-refractivity contribution in [2.45, 2.75) is 64.2 Å². The number of rotatable bonds is 6. The Morgan fingerprint density at radius 2 is 2.33 bits per heavy atom. The van der Waals surface area contributed by atoms with Gasteiger partial charge in [-0.3, -0.25) is 0 Å². The lowest BCUT2D eigenvalue weighted by molar-refractivity contribution is 0.0483. The molecule has 3 nitrogen and oxygen atoms in total. The monoisotopic (exact) mass is 215 g/mol. The average molecular weight is 215 g/mol. The maximum atomic E-state index is 9.84. The molecular formula is C12H25NO2. The van der Waals surface area contributed by atoms with Gasteiger partial charge in [0.05, 0.1) is 11.7 Å². The zero-order chi connectivity index (χ0) is 11.3. The Morgan fingerprint density at radius 1 is 1.60 bits per heavy atom. The fraction of sp³-hybridized carbons (Fsp3) is 1.00. The van der Waals surface area contributed by atoms with Gasteiger partial charge in [0.15, 0.2) is 0 Å². The Hall–Kier alpha value is -0.120. The summed E-state index contributed by atoms with van der Waals surface area (Å²) in [5.74, 6) is 0. The van der Waals surface area contributed by atoms with Gasteiger partial charge in [0.1, 0.15) is 0 Å². The first-order valence-corrected chi connectivity index (χ1v) is 6.11. The van der Waals surface area contributed by atoms with Gasteiger partial charge in [-0.1, -0.05) is 6.92 Å². The van der Waals surface area contributed by atoms with E-state index in [0.29, 0.717) is 18.7 Å². The van der Waals surface area contributed by atoms with Crippen LogP contribution in [-0.2, 0) is 4.74 Å². The van der Waals surface area contributed by atoms with Crippen LogP contribution in [0.2, 0.25) is 0 Å². The van der Waals surface area contributed by atoms with Crippen molar-refractivity contribution in [3.05, 3.63) is 0 Å².